The first-order valence-electron chi connectivity index (χ1n) is 7.10. The minimum absolute atomic E-state index is 0.0918. The highest BCUT2D eigenvalue weighted by Gasteiger charge is 2.44. The number of methoxy groups -OCH3 is 1. The molecule has 1 fully saturated rings. The van der Waals surface area contributed by atoms with Crippen molar-refractivity contribution in [3.63, 3.8) is 0 Å². The molecule has 0 spiro atoms. The molecule has 1 aromatic rings. The summed E-state index contributed by atoms with van der Waals surface area (Å²) in [5.74, 6) is 0. The average Bonchev–Trinajstić information content (AvgIpc) is 3.01. The van der Waals surface area contributed by atoms with Crippen molar-refractivity contribution in [1.29, 1.82) is 0 Å². The van der Waals surface area contributed by atoms with Gasteiger partial charge in [-0.05, 0) is 41.7 Å². The van der Waals surface area contributed by atoms with Crippen LogP contribution in [-0.4, -0.2) is 29.0 Å². The lowest BCUT2D eigenvalue weighted by atomic mass is 9.89. The Morgan fingerprint density at radius 3 is 2.68 bits per heavy atom. The van der Waals surface area contributed by atoms with Gasteiger partial charge in [0.25, 0.3) is 0 Å². The highest BCUT2D eigenvalue weighted by Crippen LogP contribution is 2.44. The summed E-state index contributed by atoms with van der Waals surface area (Å²) in [6, 6.07) is 0.196. The normalized spacial score (nSPS) is 19.8. The highest BCUT2D eigenvalue weighted by atomic mass is 79.9. The molecule has 4 nitrogen and oxygen atoms in total. The van der Waals surface area contributed by atoms with Crippen LogP contribution in [-0.2, 0) is 11.8 Å². The smallest absolute Gasteiger partial charge is 0.0888 e. The van der Waals surface area contributed by atoms with Gasteiger partial charge in [-0.2, -0.15) is 5.10 Å². The second-order valence-electron chi connectivity index (χ2n) is 5.36. The molecule has 19 heavy (non-hydrogen) atoms. The summed E-state index contributed by atoms with van der Waals surface area (Å²) in [5.41, 5.74) is 1.10. The fourth-order valence-corrected chi connectivity index (χ4v) is 3.73. The van der Waals surface area contributed by atoms with E-state index in [1.807, 2.05) is 25.0 Å². The third-order valence-electron chi connectivity index (χ3n) is 4.19. The molecule has 0 aliphatic heterocycles. The van der Waals surface area contributed by atoms with Gasteiger partial charge in [0.05, 0.1) is 28.0 Å². The van der Waals surface area contributed by atoms with Crippen LogP contribution >= 0.6 is 15.9 Å². The van der Waals surface area contributed by atoms with Crippen molar-refractivity contribution in [2.24, 2.45) is 7.05 Å². The molecule has 0 bridgehead atoms. The molecule has 2 rings (SSSR count). The van der Waals surface area contributed by atoms with E-state index in [1.165, 1.54) is 18.5 Å². The Hall–Kier alpha value is -0.390. The van der Waals surface area contributed by atoms with E-state index in [4.69, 9.17) is 4.74 Å². The predicted octanol–water partition coefficient (Wildman–Crippen LogP) is 3.18. The number of hydrogen-bond acceptors (Lipinski definition) is 3. The number of ether oxygens (including phenoxy) is 1. The summed E-state index contributed by atoms with van der Waals surface area (Å²) in [6.07, 6.45) is 7.70. The lowest BCUT2D eigenvalue weighted by Gasteiger charge is -2.37. The van der Waals surface area contributed by atoms with Gasteiger partial charge in [-0.1, -0.05) is 19.8 Å². The first-order valence-corrected chi connectivity index (χ1v) is 7.90. The number of aromatic nitrogens is 2. The van der Waals surface area contributed by atoms with Crippen LogP contribution in [0.25, 0.3) is 0 Å². The Kier molecular flexibility index (Phi) is 5.03. The third kappa shape index (κ3) is 2.88. The van der Waals surface area contributed by atoms with E-state index in [0.717, 1.165) is 30.3 Å². The van der Waals surface area contributed by atoms with Crippen molar-refractivity contribution in [2.45, 2.75) is 50.7 Å². The molecule has 1 aromatic heterocycles. The monoisotopic (exact) mass is 329 g/mol. The van der Waals surface area contributed by atoms with Gasteiger partial charge in [0.1, 0.15) is 0 Å². The molecule has 0 saturated heterocycles. The minimum atomic E-state index is -0.0918. The van der Waals surface area contributed by atoms with Crippen LogP contribution in [0.5, 0.6) is 0 Å². The molecule has 0 amide bonds. The number of nitrogens with zero attached hydrogens (tertiary/aromatic N) is 2. The van der Waals surface area contributed by atoms with Crippen LogP contribution in [0.4, 0.5) is 0 Å². The van der Waals surface area contributed by atoms with E-state index < -0.39 is 0 Å². The number of halogens is 1. The SMILES string of the molecule is CCCNC(c1c(Br)cnn1C)C1(OC)CCCC1. The highest BCUT2D eigenvalue weighted by molar-refractivity contribution is 9.10. The van der Waals surface area contributed by atoms with Crippen molar-refractivity contribution in [2.75, 3.05) is 13.7 Å². The second kappa shape index (κ2) is 6.37. The molecule has 108 valence electrons. The van der Waals surface area contributed by atoms with Crippen molar-refractivity contribution in [3.8, 4) is 0 Å². The first-order chi connectivity index (χ1) is 9.14. The third-order valence-corrected chi connectivity index (χ3v) is 4.80. The molecular weight excluding hydrogens is 306 g/mol. The standard InChI is InChI=1S/C14H24BrN3O/c1-4-9-16-13(12-11(15)10-17-18(12)2)14(19-3)7-5-6-8-14/h10,13,16H,4-9H2,1-3H3. The zero-order chi connectivity index (χ0) is 13.9. The summed E-state index contributed by atoms with van der Waals surface area (Å²) in [6.45, 7) is 3.18. The number of rotatable bonds is 6. The van der Waals surface area contributed by atoms with Gasteiger partial charge in [-0.15, -0.1) is 0 Å². The maximum Gasteiger partial charge on any atom is 0.0888 e. The molecule has 1 unspecified atom stereocenters. The summed E-state index contributed by atoms with van der Waals surface area (Å²) >= 11 is 3.63. The number of nitrogens with one attached hydrogen (secondary N) is 1. The van der Waals surface area contributed by atoms with Crippen LogP contribution in [0, 0.1) is 0 Å². The average molecular weight is 330 g/mol. The zero-order valence-corrected chi connectivity index (χ0v) is 13.7. The summed E-state index contributed by atoms with van der Waals surface area (Å²) in [5, 5.41) is 8.03. The molecule has 1 aliphatic rings. The lowest BCUT2D eigenvalue weighted by molar-refractivity contribution is -0.0389. The molecule has 1 saturated carbocycles. The Morgan fingerprint density at radius 1 is 1.53 bits per heavy atom. The topological polar surface area (TPSA) is 39.1 Å². The first kappa shape index (κ1) is 15.0. The van der Waals surface area contributed by atoms with Gasteiger partial charge in [0, 0.05) is 14.2 Å². The minimum Gasteiger partial charge on any atom is -0.376 e. The molecule has 1 aliphatic carbocycles. The Labute approximate surface area is 124 Å². The van der Waals surface area contributed by atoms with Crippen molar-refractivity contribution >= 4 is 15.9 Å². The maximum absolute atomic E-state index is 5.97. The maximum atomic E-state index is 5.97. The second-order valence-corrected chi connectivity index (χ2v) is 6.22. The van der Waals surface area contributed by atoms with E-state index >= 15 is 0 Å². The number of aryl methyl sites for hydroxylation is 1. The van der Waals surface area contributed by atoms with Gasteiger partial charge >= 0.3 is 0 Å². The van der Waals surface area contributed by atoms with Gasteiger partial charge < -0.3 is 10.1 Å². The van der Waals surface area contributed by atoms with Crippen LogP contribution in [0.3, 0.4) is 0 Å². The van der Waals surface area contributed by atoms with Gasteiger partial charge in [0.2, 0.25) is 0 Å². The summed E-state index contributed by atoms with van der Waals surface area (Å²) < 4.78 is 8.98. The summed E-state index contributed by atoms with van der Waals surface area (Å²) in [4.78, 5) is 0. The molecular formula is C14H24BrN3O. The fourth-order valence-electron chi connectivity index (χ4n) is 3.15. The van der Waals surface area contributed by atoms with E-state index in [2.05, 4.69) is 33.3 Å². The van der Waals surface area contributed by atoms with Crippen LogP contribution in [0.1, 0.15) is 50.8 Å². The summed E-state index contributed by atoms with van der Waals surface area (Å²) in [7, 11) is 3.84. The molecule has 1 atom stereocenters. The van der Waals surface area contributed by atoms with Gasteiger partial charge in [-0.3, -0.25) is 4.68 Å². The van der Waals surface area contributed by atoms with Gasteiger partial charge in [0.15, 0.2) is 0 Å². The fraction of sp³-hybridized carbons (Fsp3) is 0.786. The molecule has 1 N–H and O–H groups in total. The van der Waals surface area contributed by atoms with Crippen LogP contribution in [0.15, 0.2) is 10.7 Å². The van der Waals surface area contributed by atoms with Crippen LogP contribution in [0.2, 0.25) is 0 Å². The Bertz CT molecular complexity index is 393. The quantitative estimate of drug-likeness (QED) is 0.871. The molecule has 0 aromatic carbocycles. The lowest BCUT2D eigenvalue weighted by Crippen LogP contribution is -2.45. The van der Waals surface area contributed by atoms with Crippen molar-refractivity contribution in [1.82, 2.24) is 15.1 Å². The van der Waals surface area contributed by atoms with E-state index in [-0.39, 0.29) is 11.6 Å². The van der Waals surface area contributed by atoms with Crippen molar-refractivity contribution < 1.29 is 4.74 Å². The Morgan fingerprint density at radius 2 is 2.21 bits per heavy atom. The molecule has 0 radical (unpaired) electrons. The van der Waals surface area contributed by atoms with E-state index in [9.17, 15) is 0 Å². The number of hydrogen-bond donors (Lipinski definition) is 1. The van der Waals surface area contributed by atoms with Crippen molar-refractivity contribution in [3.05, 3.63) is 16.4 Å². The Balaban J connectivity index is 2.35. The van der Waals surface area contributed by atoms with Crippen LogP contribution < -0.4 is 5.32 Å². The predicted molar refractivity (Wildman–Crippen MR) is 80.2 cm³/mol. The zero-order valence-electron chi connectivity index (χ0n) is 12.1. The molecule has 1 heterocycles. The van der Waals surface area contributed by atoms with E-state index in [0.29, 0.717) is 0 Å². The van der Waals surface area contributed by atoms with Gasteiger partial charge in [-0.25, -0.2) is 0 Å². The molecule has 5 heteroatoms. The largest absolute Gasteiger partial charge is 0.376 e. The van der Waals surface area contributed by atoms with E-state index in [1.54, 1.807) is 0 Å².